The second kappa shape index (κ2) is 11.8. The number of hydrogen-bond acceptors (Lipinski definition) is 0. The molecular weight excluding hydrogens is 396 g/mol. The summed E-state index contributed by atoms with van der Waals surface area (Å²) in [6, 6.07) is 40.8. The van der Waals surface area contributed by atoms with E-state index in [2.05, 4.69) is 122 Å². The van der Waals surface area contributed by atoms with Crippen LogP contribution in [0.3, 0.4) is 0 Å². The van der Waals surface area contributed by atoms with Crippen molar-refractivity contribution in [1.82, 2.24) is 0 Å². The highest BCUT2D eigenvalue weighted by atomic mass is 14.1. The molecule has 0 bridgehead atoms. The first-order valence-electron chi connectivity index (χ1n) is 12.0. The molecule has 0 radical (unpaired) electrons. The summed E-state index contributed by atoms with van der Waals surface area (Å²) < 4.78 is 0. The number of rotatable bonds is 0. The van der Waals surface area contributed by atoms with Gasteiger partial charge in [-0.3, -0.25) is 0 Å². The number of benzene rings is 6. The van der Waals surface area contributed by atoms with Crippen molar-refractivity contribution in [3.63, 3.8) is 0 Å². The smallest absolute Gasteiger partial charge is 0.0105 e. The van der Waals surface area contributed by atoms with Crippen molar-refractivity contribution in [2.75, 3.05) is 0 Å². The lowest BCUT2D eigenvalue weighted by molar-refractivity contribution is 1.50. The normalized spacial score (nSPS) is 9.97. The molecule has 0 spiro atoms. The molecule has 166 valence electrons. The monoisotopic (exact) mass is 430 g/mol. The Kier molecular flexibility index (Phi) is 8.61. The zero-order chi connectivity index (χ0) is 23.6. The zero-order valence-electron chi connectivity index (χ0n) is 20.5. The maximum atomic E-state index is 2.26. The lowest BCUT2D eigenvalue weighted by Crippen LogP contribution is -1.81. The average molecular weight is 431 g/mol. The van der Waals surface area contributed by atoms with Crippen LogP contribution in [0.1, 0.15) is 33.3 Å². The standard InChI is InChI=1S/C15H12.C14H10.2C2H6/c1-11-14-8-4-2-6-12(14)10-13-7-3-5-9-15(11)13;1-3-7-13-11(5-1)9-10-12-6-2-4-8-14(12)13;2*1-2/h2-10H,1H3;1-10H;2*1-2H3. The molecule has 6 aromatic carbocycles. The number of fused-ring (bicyclic) bond motifs is 5. The van der Waals surface area contributed by atoms with Gasteiger partial charge in [-0.15, -0.1) is 0 Å². The minimum atomic E-state index is 1.31. The van der Waals surface area contributed by atoms with Gasteiger partial charge in [-0.05, 0) is 61.6 Å². The van der Waals surface area contributed by atoms with E-state index in [-0.39, 0.29) is 0 Å². The molecule has 0 unspecified atom stereocenters. The van der Waals surface area contributed by atoms with Crippen LogP contribution in [0.2, 0.25) is 0 Å². The Morgan fingerprint density at radius 3 is 1.03 bits per heavy atom. The van der Waals surface area contributed by atoms with E-state index in [4.69, 9.17) is 0 Å². The highest BCUT2D eigenvalue weighted by Gasteiger charge is 2.01. The third kappa shape index (κ3) is 5.23. The van der Waals surface area contributed by atoms with Crippen LogP contribution in [0.5, 0.6) is 0 Å². The lowest BCUT2D eigenvalue weighted by Gasteiger charge is -2.06. The van der Waals surface area contributed by atoms with Crippen LogP contribution in [-0.4, -0.2) is 0 Å². The minimum Gasteiger partial charge on any atom is -0.0683 e. The molecule has 0 nitrogen and oxygen atoms in total. The van der Waals surface area contributed by atoms with Crippen LogP contribution < -0.4 is 0 Å². The van der Waals surface area contributed by atoms with Crippen LogP contribution in [0.4, 0.5) is 0 Å². The summed E-state index contributed by atoms with van der Waals surface area (Å²) in [6.07, 6.45) is 0. The Bertz CT molecular complexity index is 1350. The van der Waals surface area contributed by atoms with E-state index in [0.717, 1.165) is 0 Å². The molecule has 0 atom stereocenters. The van der Waals surface area contributed by atoms with Gasteiger partial charge < -0.3 is 0 Å². The molecule has 0 fully saturated rings. The van der Waals surface area contributed by atoms with Gasteiger partial charge in [-0.1, -0.05) is 137 Å². The Morgan fingerprint density at radius 1 is 0.333 bits per heavy atom. The summed E-state index contributed by atoms with van der Waals surface area (Å²) in [4.78, 5) is 0. The van der Waals surface area contributed by atoms with Crippen molar-refractivity contribution >= 4 is 43.1 Å². The number of hydrogen-bond donors (Lipinski definition) is 0. The molecule has 0 saturated carbocycles. The predicted octanol–water partition coefficient (Wildman–Crippen LogP) is 10.3. The largest absolute Gasteiger partial charge is 0.0683 e. The summed E-state index contributed by atoms with van der Waals surface area (Å²) >= 11 is 0. The molecule has 0 N–H and O–H groups in total. The van der Waals surface area contributed by atoms with Crippen LogP contribution in [0, 0.1) is 6.92 Å². The van der Waals surface area contributed by atoms with Gasteiger partial charge in [0.25, 0.3) is 0 Å². The lowest BCUT2D eigenvalue weighted by atomic mass is 9.98. The van der Waals surface area contributed by atoms with Crippen molar-refractivity contribution in [2.24, 2.45) is 0 Å². The molecule has 0 aromatic heterocycles. The fourth-order valence-corrected chi connectivity index (χ4v) is 4.20. The molecule has 0 aliphatic carbocycles. The van der Waals surface area contributed by atoms with E-state index in [9.17, 15) is 0 Å². The molecule has 0 amide bonds. The first-order chi connectivity index (χ1) is 16.3. The first kappa shape index (κ1) is 24.0. The van der Waals surface area contributed by atoms with E-state index >= 15 is 0 Å². The van der Waals surface area contributed by atoms with Crippen molar-refractivity contribution in [3.8, 4) is 0 Å². The highest BCUT2D eigenvalue weighted by Crippen LogP contribution is 2.27. The third-order valence-electron chi connectivity index (χ3n) is 5.69. The molecular formula is C33H34. The molecule has 0 heterocycles. The van der Waals surface area contributed by atoms with E-state index < -0.39 is 0 Å². The van der Waals surface area contributed by atoms with Crippen LogP contribution >= 0.6 is 0 Å². The van der Waals surface area contributed by atoms with Gasteiger partial charge in [-0.25, -0.2) is 0 Å². The maximum Gasteiger partial charge on any atom is -0.0105 e. The Balaban J connectivity index is 0.000000162. The Morgan fingerprint density at radius 2 is 0.636 bits per heavy atom. The Labute approximate surface area is 198 Å². The second-order valence-corrected chi connectivity index (χ2v) is 7.45. The Hall–Kier alpha value is -3.64. The van der Waals surface area contributed by atoms with Crippen molar-refractivity contribution in [2.45, 2.75) is 34.6 Å². The first-order valence-corrected chi connectivity index (χ1v) is 12.0. The summed E-state index contributed by atoms with van der Waals surface area (Å²) in [5.74, 6) is 0. The van der Waals surface area contributed by atoms with E-state index in [0.29, 0.717) is 0 Å². The van der Waals surface area contributed by atoms with Crippen LogP contribution in [-0.2, 0) is 0 Å². The quantitative estimate of drug-likeness (QED) is 0.166. The highest BCUT2D eigenvalue weighted by molar-refractivity contribution is 6.07. The summed E-state index contributed by atoms with van der Waals surface area (Å²) in [7, 11) is 0. The number of aryl methyl sites for hydroxylation is 1. The fraction of sp³-hybridized carbons (Fsp3) is 0.152. The molecule has 0 heteroatoms. The average Bonchev–Trinajstić information content (AvgIpc) is 2.91. The van der Waals surface area contributed by atoms with Gasteiger partial charge in [0.1, 0.15) is 0 Å². The van der Waals surface area contributed by atoms with Crippen molar-refractivity contribution in [1.29, 1.82) is 0 Å². The molecule has 6 rings (SSSR count). The van der Waals surface area contributed by atoms with E-state index in [1.807, 2.05) is 27.7 Å². The maximum absolute atomic E-state index is 2.26. The van der Waals surface area contributed by atoms with Gasteiger partial charge in [0.05, 0.1) is 0 Å². The molecule has 6 aromatic rings. The predicted molar refractivity (Wildman–Crippen MR) is 150 cm³/mol. The summed E-state index contributed by atoms with van der Waals surface area (Å²) in [6.45, 7) is 10.2. The van der Waals surface area contributed by atoms with Crippen molar-refractivity contribution in [3.05, 3.63) is 121 Å². The van der Waals surface area contributed by atoms with Gasteiger partial charge in [0.2, 0.25) is 0 Å². The van der Waals surface area contributed by atoms with Gasteiger partial charge in [0, 0.05) is 0 Å². The summed E-state index contributed by atoms with van der Waals surface area (Å²) in [5.41, 5.74) is 1.38. The molecule has 0 aliphatic heterocycles. The van der Waals surface area contributed by atoms with Gasteiger partial charge >= 0.3 is 0 Å². The molecule has 0 aliphatic rings. The summed E-state index contributed by atoms with van der Waals surface area (Å²) in [5, 5.41) is 10.7. The van der Waals surface area contributed by atoms with Gasteiger partial charge in [-0.2, -0.15) is 0 Å². The topological polar surface area (TPSA) is 0 Å². The van der Waals surface area contributed by atoms with E-state index in [1.165, 1.54) is 48.7 Å². The SMILES string of the molecule is CC.CC.Cc1c2ccccc2cc2ccccc12.c1ccc2c(c1)ccc1ccccc12. The van der Waals surface area contributed by atoms with Crippen molar-refractivity contribution < 1.29 is 0 Å². The molecule has 0 saturated heterocycles. The zero-order valence-corrected chi connectivity index (χ0v) is 20.5. The fourth-order valence-electron chi connectivity index (χ4n) is 4.20. The molecule has 33 heavy (non-hydrogen) atoms. The second-order valence-electron chi connectivity index (χ2n) is 7.45. The van der Waals surface area contributed by atoms with Gasteiger partial charge in [0.15, 0.2) is 0 Å². The van der Waals surface area contributed by atoms with Crippen LogP contribution in [0.15, 0.2) is 115 Å². The third-order valence-corrected chi connectivity index (χ3v) is 5.69. The van der Waals surface area contributed by atoms with Crippen LogP contribution in [0.25, 0.3) is 43.1 Å². The minimum absolute atomic E-state index is 1.31. The van der Waals surface area contributed by atoms with E-state index in [1.54, 1.807) is 0 Å².